The first-order valence-corrected chi connectivity index (χ1v) is 10.2. The topological polar surface area (TPSA) is 65.4 Å². The van der Waals surface area contributed by atoms with E-state index in [0.29, 0.717) is 18.3 Å². The highest BCUT2D eigenvalue weighted by Gasteiger charge is 2.26. The molecule has 5 rings (SSSR count). The Kier molecular flexibility index (Phi) is 4.43. The predicted molar refractivity (Wildman–Crippen MR) is 116 cm³/mol. The number of nitrogens with two attached hydrogens (primary N) is 1. The van der Waals surface area contributed by atoms with Gasteiger partial charge in [0.25, 0.3) is 0 Å². The zero-order valence-electron chi connectivity index (χ0n) is 16.5. The summed E-state index contributed by atoms with van der Waals surface area (Å²) in [4.78, 5) is 9.31. The van der Waals surface area contributed by atoms with Crippen molar-refractivity contribution in [2.45, 2.75) is 32.1 Å². The van der Waals surface area contributed by atoms with E-state index < -0.39 is 0 Å². The molecule has 2 aromatic heterocycles. The van der Waals surface area contributed by atoms with Gasteiger partial charge >= 0.3 is 0 Å². The van der Waals surface area contributed by atoms with E-state index in [2.05, 4.69) is 45.8 Å². The molecule has 4 aromatic rings. The lowest BCUT2D eigenvalue weighted by Gasteiger charge is -2.23. The number of rotatable bonds is 5. The van der Waals surface area contributed by atoms with E-state index in [1.54, 1.807) is 6.20 Å². The van der Waals surface area contributed by atoms with E-state index in [1.165, 1.54) is 19.3 Å². The van der Waals surface area contributed by atoms with Gasteiger partial charge in [-0.15, -0.1) is 0 Å². The minimum atomic E-state index is 0.515. The van der Waals surface area contributed by atoms with Crippen LogP contribution in [-0.4, -0.2) is 21.0 Å². The van der Waals surface area contributed by atoms with E-state index in [1.807, 2.05) is 25.3 Å². The molecule has 2 heterocycles. The van der Waals surface area contributed by atoms with Crippen molar-refractivity contribution < 1.29 is 4.74 Å². The SMILES string of the molecule is CCOc1ccc(-c2ccc(-c3nc(C4CCC4)n4ccnc(N)c34)cc2)cc1. The third-order valence-corrected chi connectivity index (χ3v) is 5.74. The zero-order valence-corrected chi connectivity index (χ0v) is 16.5. The Balaban J connectivity index is 1.52. The fourth-order valence-electron chi connectivity index (χ4n) is 3.97. The van der Waals surface area contributed by atoms with Crippen LogP contribution in [0.15, 0.2) is 60.9 Å². The first-order valence-electron chi connectivity index (χ1n) is 10.2. The Morgan fingerprint density at radius 2 is 1.66 bits per heavy atom. The molecule has 0 spiro atoms. The Morgan fingerprint density at radius 3 is 2.28 bits per heavy atom. The number of hydrogen-bond donors (Lipinski definition) is 1. The van der Waals surface area contributed by atoms with Crippen LogP contribution in [-0.2, 0) is 0 Å². The van der Waals surface area contributed by atoms with Gasteiger partial charge in [0.2, 0.25) is 0 Å². The van der Waals surface area contributed by atoms with E-state index >= 15 is 0 Å². The first-order chi connectivity index (χ1) is 14.2. The van der Waals surface area contributed by atoms with Crippen molar-refractivity contribution in [1.29, 1.82) is 0 Å². The molecule has 1 aliphatic carbocycles. The second kappa shape index (κ2) is 7.24. The summed E-state index contributed by atoms with van der Waals surface area (Å²) in [5, 5.41) is 0. The molecule has 0 unspecified atom stereocenters. The van der Waals surface area contributed by atoms with E-state index in [0.717, 1.165) is 39.5 Å². The molecule has 0 radical (unpaired) electrons. The van der Waals surface area contributed by atoms with Crippen LogP contribution in [0.5, 0.6) is 5.75 Å². The quantitative estimate of drug-likeness (QED) is 0.506. The largest absolute Gasteiger partial charge is 0.494 e. The van der Waals surface area contributed by atoms with Gasteiger partial charge in [-0.05, 0) is 43.0 Å². The molecular formula is C24H24N4O. The molecule has 1 saturated carbocycles. The minimum absolute atomic E-state index is 0.515. The van der Waals surface area contributed by atoms with Gasteiger partial charge in [0, 0.05) is 23.9 Å². The molecule has 5 heteroatoms. The summed E-state index contributed by atoms with van der Waals surface area (Å²) in [6.07, 6.45) is 7.39. The van der Waals surface area contributed by atoms with Crippen LogP contribution in [0.25, 0.3) is 27.9 Å². The van der Waals surface area contributed by atoms with Gasteiger partial charge in [0.1, 0.15) is 28.6 Å². The van der Waals surface area contributed by atoms with Crippen LogP contribution in [0.3, 0.4) is 0 Å². The molecule has 1 aliphatic rings. The van der Waals surface area contributed by atoms with Gasteiger partial charge < -0.3 is 10.5 Å². The number of hydrogen-bond acceptors (Lipinski definition) is 4. The van der Waals surface area contributed by atoms with E-state index in [4.69, 9.17) is 15.5 Å². The number of nitrogen functional groups attached to an aromatic ring is 1. The monoisotopic (exact) mass is 384 g/mol. The second-order valence-corrected chi connectivity index (χ2v) is 7.51. The second-order valence-electron chi connectivity index (χ2n) is 7.51. The highest BCUT2D eigenvalue weighted by Crippen LogP contribution is 2.39. The molecule has 2 N–H and O–H groups in total. The number of benzene rings is 2. The molecule has 1 fully saturated rings. The van der Waals surface area contributed by atoms with Crippen molar-refractivity contribution in [1.82, 2.24) is 14.4 Å². The standard InChI is InChI=1S/C24H24N4O/c1-2-29-20-12-10-17(11-13-20)16-6-8-18(9-7-16)21-22-23(25)26-14-15-28(22)24(27-21)19-4-3-5-19/h6-15,19H,2-5H2,1H3,(H2,25,26). The number of aromatic nitrogens is 3. The molecule has 0 atom stereocenters. The molecule has 0 amide bonds. The van der Waals surface area contributed by atoms with Crippen molar-refractivity contribution in [3.8, 4) is 28.1 Å². The van der Waals surface area contributed by atoms with Crippen LogP contribution in [0.1, 0.15) is 37.9 Å². The van der Waals surface area contributed by atoms with Crippen molar-refractivity contribution in [2.24, 2.45) is 0 Å². The number of nitrogens with zero attached hydrogens (tertiary/aromatic N) is 3. The summed E-state index contributed by atoms with van der Waals surface area (Å²) in [5.41, 5.74) is 11.4. The maximum Gasteiger partial charge on any atom is 0.150 e. The van der Waals surface area contributed by atoms with Crippen LogP contribution in [0.2, 0.25) is 0 Å². The van der Waals surface area contributed by atoms with Crippen LogP contribution >= 0.6 is 0 Å². The minimum Gasteiger partial charge on any atom is -0.494 e. The molecule has 0 saturated heterocycles. The molecule has 0 aliphatic heterocycles. The third kappa shape index (κ3) is 3.12. The van der Waals surface area contributed by atoms with Crippen molar-refractivity contribution in [3.63, 3.8) is 0 Å². The summed E-state index contributed by atoms with van der Waals surface area (Å²) in [6.45, 7) is 2.67. The third-order valence-electron chi connectivity index (χ3n) is 5.74. The van der Waals surface area contributed by atoms with Crippen molar-refractivity contribution in [2.75, 3.05) is 12.3 Å². The maximum atomic E-state index is 6.24. The lowest BCUT2D eigenvalue weighted by molar-refractivity contribution is 0.340. The van der Waals surface area contributed by atoms with Gasteiger partial charge in [-0.3, -0.25) is 4.40 Å². The Hall–Kier alpha value is -3.34. The summed E-state index contributed by atoms with van der Waals surface area (Å²) in [7, 11) is 0. The molecule has 29 heavy (non-hydrogen) atoms. The normalized spacial score (nSPS) is 14.1. The van der Waals surface area contributed by atoms with E-state index in [9.17, 15) is 0 Å². The van der Waals surface area contributed by atoms with Crippen LogP contribution in [0.4, 0.5) is 5.82 Å². The fourth-order valence-corrected chi connectivity index (χ4v) is 3.97. The van der Waals surface area contributed by atoms with Crippen molar-refractivity contribution >= 4 is 11.3 Å². The summed E-state index contributed by atoms with van der Waals surface area (Å²) in [5.74, 6) is 3.03. The fraction of sp³-hybridized carbons (Fsp3) is 0.250. The predicted octanol–water partition coefficient (Wildman–Crippen LogP) is 5.31. The zero-order chi connectivity index (χ0) is 19.8. The number of imidazole rings is 1. The average Bonchev–Trinajstić information content (AvgIpc) is 3.08. The van der Waals surface area contributed by atoms with Gasteiger partial charge in [0.15, 0.2) is 0 Å². The highest BCUT2D eigenvalue weighted by molar-refractivity contribution is 5.86. The number of anilines is 1. The van der Waals surface area contributed by atoms with E-state index in [-0.39, 0.29) is 0 Å². The molecule has 146 valence electrons. The lowest BCUT2D eigenvalue weighted by atomic mass is 9.85. The summed E-state index contributed by atoms with van der Waals surface area (Å²) < 4.78 is 7.66. The number of ether oxygens (including phenoxy) is 1. The van der Waals surface area contributed by atoms with Crippen LogP contribution < -0.4 is 10.5 Å². The number of fused-ring (bicyclic) bond motifs is 1. The molecule has 5 nitrogen and oxygen atoms in total. The Bertz CT molecular complexity index is 1140. The Labute approximate surface area is 170 Å². The summed E-state index contributed by atoms with van der Waals surface area (Å²) in [6, 6.07) is 16.7. The smallest absolute Gasteiger partial charge is 0.150 e. The van der Waals surface area contributed by atoms with Gasteiger partial charge in [-0.1, -0.05) is 42.8 Å². The molecular weight excluding hydrogens is 360 g/mol. The van der Waals surface area contributed by atoms with Gasteiger partial charge in [0.05, 0.1) is 6.61 Å². The summed E-state index contributed by atoms with van der Waals surface area (Å²) >= 11 is 0. The van der Waals surface area contributed by atoms with Gasteiger partial charge in [-0.25, -0.2) is 9.97 Å². The molecule has 0 bridgehead atoms. The Morgan fingerprint density at radius 1 is 1.00 bits per heavy atom. The van der Waals surface area contributed by atoms with Crippen molar-refractivity contribution in [3.05, 3.63) is 66.7 Å². The molecule has 2 aromatic carbocycles. The maximum absolute atomic E-state index is 6.24. The first kappa shape index (κ1) is 17.7. The average molecular weight is 384 g/mol. The van der Waals surface area contributed by atoms with Gasteiger partial charge in [-0.2, -0.15) is 0 Å². The highest BCUT2D eigenvalue weighted by atomic mass is 16.5. The van der Waals surface area contributed by atoms with Crippen LogP contribution in [0, 0.1) is 0 Å². The lowest BCUT2D eigenvalue weighted by Crippen LogP contribution is -2.12.